The molecule has 1 saturated heterocycles. The molecule has 1 N–H and O–H groups in total. The number of nitrogens with zero attached hydrogens (tertiary/aromatic N) is 1. The van der Waals surface area contributed by atoms with E-state index in [9.17, 15) is 4.79 Å². The van der Waals surface area contributed by atoms with Crippen molar-refractivity contribution in [1.82, 2.24) is 9.62 Å². The first-order valence-corrected chi connectivity index (χ1v) is 5.65. The molecule has 3 nitrogen and oxygen atoms in total. The first-order chi connectivity index (χ1) is 6.20. The second kappa shape index (κ2) is 5.44. The van der Waals surface area contributed by atoms with Crippen molar-refractivity contribution in [3.8, 4) is 0 Å². The Morgan fingerprint density at radius 1 is 1.38 bits per heavy atom. The van der Waals surface area contributed by atoms with Gasteiger partial charge in [-0.3, -0.25) is 9.52 Å². The number of rotatable bonds is 0. The van der Waals surface area contributed by atoms with Gasteiger partial charge in [-0.1, -0.05) is 12.2 Å². The zero-order valence-electron chi connectivity index (χ0n) is 7.71. The van der Waals surface area contributed by atoms with Crippen LogP contribution in [-0.2, 0) is 4.79 Å². The molecule has 74 valence electrons. The Kier molecular flexibility index (Phi) is 4.52. The Morgan fingerprint density at radius 2 is 2.00 bits per heavy atom. The van der Waals surface area contributed by atoms with Crippen LogP contribution in [0.2, 0.25) is 0 Å². The third kappa shape index (κ3) is 3.95. The van der Waals surface area contributed by atoms with Crippen LogP contribution in [0.15, 0.2) is 0 Å². The summed E-state index contributed by atoms with van der Waals surface area (Å²) in [6.45, 7) is 3.56. The van der Waals surface area contributed by atoms with Crippen molar-refractivity contribution >= 4 is 34.4 Å². The molecule has 1 aliphatic heterocycles. The molecule has 0 spiro atoms. The minimum Gasteiger partial charge on any atom is -0.356 e. The highest BCUT2D eigenvalue weighted by molar-refractivity contribution is 8.21. The fourth-order valence-electron chi connectivity index (χ4n) is 1.26. The van der Waals surface area contributed by atoms with E-state index >= 15 is 0 Å². The van der Waals surface area contributed by atoms with Crippen LogP contribution in [0.1, 0.15) is 26.2 Å². The molecule has 5 heteroatoms. The van der Waals surface area contributed by atoms with Crippen LogP contribution in [0.5, 0.6) is 0 Å². The average molecular weight is 218 g/mol. The standard InChI is InChI=1S/C8H14N2OS2/c1-7(11)9-13-8(12)10-5-3-2-4-6-10/h2-6H2,1H3,(H,9,11). The van der Waals surface area contributed by atoms with Gasteiger partial charge in [-0.05, 0) is 19.3 Å². The zero-order chi connectivity index (χ0) is 9.68. The van der Waals surface area contributed by atoms with E-state index in [1.54, 1.807) is 0 Å². The smallest absolute Gasteiger partial charge is 0.227 e. The molecular weight excluding hydrogens is 204 g/mol. The summed E-state index contributed by atoms with van der Waals surface area (Å²) >= 11 is 6.42. The lowest BCUT2D eigenvalue weighted by molar-refractivity contribution is -0.117. The Labute approximate surface area is 88.4 Å². The lowest BCUT2D eigenvalue weighted by atomic mass is 10.1. The van der Waals surface area contributed by atoms with Crippen molar-refractivity contribution in [3.63, 3.8) is 0 Å². The third-order valence-corrected chi connectivity index (χ3v) is 3.23. The van der Waals surface area contributed by atoms with Gasteiger partial charge >= 0.3 is 0 Å². The van der Waals surface area contributed by atoms with Gasteiger partial charge in [0.2, 0.25) is 5.91 Å². The quantitative estimate of drug-likeness (QED) is 0.494. The lowest BCUT2D eigenvalue weighted by Gasteiger charge is -2.28. The van der Waals surface area contributed by atoms with Gasteiger partial charge in [0, 0.05) is 32.0 Å². The van der Waals surface area contributed by atoms with Crippen LogP contribution in [0.25, 0.3) is 0 Å². The number of nitrogens with one attached hydrogen (secondary N) is 1. The third-order valence-electron chi connectivity index (χ3n) is 1.90. The molecule has 0 atom stereocenters. The molecule has 13 heavy (non-hydrogen) atoms. The number of piperidine rings is 1. The molecule has 1 fully saturated rings. The van der Waals surface area contributed by atoms with E-state index in [1.165, 1.54) is 38.1 Å². The molecule has 0 bridgehead atoms. The van der Waals surface area contributed by atoms with E-state index in [-0.39, 0.29) is 5.91 Å². The maximum absolute atomic E-state index is 10.6. The fraction of sp³-hybridized carbons (Fsp3) is 0.750. The number of likely N-dealkylation sites (tertiary alicyclic amines) is 1. The molecule has 0 unspecified atom stereocenters. The van der Waals surface area contributed by atoms with E-state index in [0.29, 0.717) is 0 Å². The molecular formula is C8H14N2OS2. The van der Waals surface area contributed by atoms with Gasteiger partial charge < -0.3 is 4.90 Å². The molecule has 1 heterocycles. The summed E-state index contributed by atoms with van der Waals surface area (Å²) in [6, 6.07) is 0. The zero-order valence-corrected chi connectivity index (χ0v) is 9.34. The molecule has 0 aromatic rings. The van der Waals surface area contributed by atoms with Gasteiger partial charge in [0.15, 0.2) is 4.32 Å². The van der Waals surface area contributed by atoms with Crippen LogP contribution < -0.4 is 4.72 Å². The predicted octanol–water partition coefficient (Wildman–Crippen LogP) is 1.54. The Morgan fingerprint density at radius 3 is 2.54 bits per heavy atom. The normalized spacial score (nSPS) is 16.8. The summed E-state index contributed by atoms with van der Waals surface area (Å²) in [4.78, 5) is 12.8. The van der Waals surface area contributed by atoms with Crippen molar-refractivity contribution in [1.29, 1.82) is 0 Å². The Balaban J connectivity index is 2.25. The molecule has 1 aliphatic rings. The highest BCUT2D eigenvalue weighted by Gasteiger charge is 2.13. The molecule has 1 rings (SSSR count). The summed E-state index contributed by atoms with van der Waals surface area (Å²) in [6.07, 6.45) is 3.71. The van der Waals surface area contributed by atoms with Gasteiger partial charge in [0.1, 0.15) is 0 Å². The summed E-state index contributed by atoms with van der Waals surface area (Å²) in [5.41, 5.74) is 0. The summed E-state index contributed by atoms with van der Waals surface area (Å²) in [5, 5.41) is 0. The number of amides is 1. The Hall–Kier alpha value is -0.290. The van der Waals surface area contributed by atoms with E-state index in [1.807, 2.05) is 0 Å². The van der Waals surface area contributed by atoms with Gasteiger partial charge in [-0.2, -0.15) is 0 Å². The van der Waals surface area contributed by atoms with Crippen molar-refractivity contribution < 1.29 is 4.79 Å². The molecule has 0 aromatic carbocycles. The van der Waals surface area contributed by atoms with Crippen LogP contribution in [0, 0.1) is 0 Å². The predicted molar refractivity (Wildman–Crippen MR) is 59.4 cm³/mol. The van der Waals surface area contributed by atoms with Crippen LogP contribution in [0.4, 0.5) is 0 Å². The fourth-order valence-corrected chi connectivity index (χ4v) is 2.11. The SMILES string of the molecule is CC(=O)NSC(=S)N1CCCCC1. The highest BCUT2D eigenvalue weighted by Crippen LogP contribution is 2.13. The number of thiocarbonyl (C=S) groups is 1. The first-order valence-electron chi connectivity index (χ1n) is 4.42. The maximum atomic E-state index is 10.6. The largest absolute Gasteiger partial charge is 0.356 e. The van der Waals surface area contributed by atoms with E-state index < -0.39 is 0 Å². The van der Waals surface area contributed by atoms with Gasteiger partial charge in [0.25, 0.3) is 0 Å². The molecule has 1 amide bonds. The summed E-state index contributed by atoms with van der Waals surface area (Å²) in [5.74, 6) is -0.0515. The summed E-state index contributed by atoms with van der Waals surface area (Å²) < 4.78 is 3.42. The minimum absolute atomic E-state index is 0.0515. The number of hydrogen-bond acceptors (Lipinski definition) is 3. The van der Waals surface area contributed by atoms with Crippen molar-refractivity contribution in [2.24, 2.45) is 0 Å². The van der Waals surface area contributed by atoms with Crippen LogP contribution in [0.3, 0.4) is 0 Å². The van der Waals surface area contributed by atoms with Crippen molar-refractivity contribution in [2.75, 3.05) is 13.1 Å². The lowest BCUT2D eigenvalue weighted by Crippen LogP contribution is -2.34. The first kappa shape index (κ1) is 10.8. The minimum atomic E-state index is -0.0515. The average Bonchev–Trinajstić information content (AvgIpc) is 2.15. The summed E-state index contributed by atoms with van der Waals surface area (Å²) in [7, 11) is 0. The highest BCUT2D eigenvalue weighted by atomic mass is 32.2. The van der Waals surface area contributed by atoms with E-state index in [0.717, 1.165) is 17.4 Å². The van der Waals surface area contributed by atoms with Gasteiger partial charge in [0.05, 0.1) is 0 Å². The van der Waals surface area contributed by atoms with Crippen molar-refractivity contribution in [2.45, 2.75) is 26.2 Å². The van der Waals surface area contributed by atoms with E-state index in [4.69, 9.17) is 12.2 Å². The molecule has 0 saturated carbocycles. The maximum Gasteiger partial charge on any atom is 0.227 e. The second-order valence-electron chi connectivity index (χ2n) is 3.07. The second-order valence-corrected chi connectivity index (χ2v) is 4.51. The number of carbonyl (C=O) groups excluding carboxylic acids is 1. The number of hydrogen-bond donors (Lipinski definition) is 1. The number of carbonyl (C=O) groups is 1. The van der Waals surface area contributed by atoms with E-state index in [2.05, 4.69) is 9.62 Å². The molecule has 0 aliphatic carbocycles. The van der Waals surface area contributed by atoms with Gasteiger partial charge in [-0.15, -0.1) is 0 Å². The van der Waals surface area contributed by atoms with Crippen LogP contribution >= 0.6 is 24.2 Å². The monoisotopic (exact) mass is 218 g/mol. The molecule has 0 aromatic heterocycles. The molecule has 0 radical (unpaired) electrons. The van der Waals surface area contributed by atoms with Crippen molar-refractivity contribution in [3.05, 3.63) is 0 Å². The Bertz CT molecular complexity index is 202. The van der Waals surface area contributed by atoms with Crippen LogP contribution in [-0.4, -0.2) is 28.2 Å². The van der Waals surface area contributed by atoms with Gasteiger partial charge in [-0.25, -0.2) is 0 Å². The topological polar surface area (TPSA) is 32.3 Å².